The van der Waals surface area contributed by atoms with Gasteiger partial charge in [0.1, 0.15) is 5.82 Å². The standard InChI is InChI=1S/C11H14N4/c12-5-1-2-8-3-4-9-10(6-8)14-7-11(13)15-9/h3-4,6-7H,1-2,5,12H2,(H2,13,15). The fourth-order valence-electron chi connectivity index (χ4n) is 1.53. The summed E-state index contributed by atoms with van der Waals surface area (Å²) in [4.78, 5) is 8.42. The van der Waals surface area contributed by atoms with Gasteiger partial charge in [-0.15, -0.1) is 0 Å². The molecular formula is C11H14N4. The molecule has 0 radical (unpaired) electrons. The van der Waals surface area contributed by atoms with E-state index in [0.717, 1.165) is 23.9 Å². The summed E-state index contributed by atoms with van der Waals surface area (Å²) >= 11 is 0. The molecule has 2 rings (SSSR count). The lowest BCUT2D eigenvalue weighted by molar-refractivity contribution is 0.833. The molecule has 1 aromatic heterocycles. The zero-order valence-corrected chi connectivity index (χ0v) is 8.48. The van der Waals surface area contributed by atoms with Crippen LogP contribution in [0.5, 0.6) is 0 Å². The molecule has 15 heavy (non-hydrogen) atoms. The largest absolute Gasteiger partial charge is 0.382 e. The lowest BCUT2D eigenvalue weighted by Gasteiger charge is -2.02. The topological polar surface area (TPSA) is 77.8 Å². The molecule has 0 saturated carbocycles. The molecule has 78 valence electrons. The number of anilines is 1. The van der Waals surface area contributed by atoms with Gasteiger partial charge < -0.3 is 11.5 Å². The molecular weight excluding hydrogens is 188 g/mol. The predicted octanol–water partition coefficient (Wildman–Crippen LogP) is 1.10. The summed E-state index contributed by atoms with van der Waals surface area (Å²) in [7, 11) is 0. The molecule has 0 spiro atoms. The van der Waals surface area contributed by atoms with E-state index in [1.165, 1.54) is 5.56 Å². The maximum absolute atomic E-state index is 5.55. The third kappa shape index (κ3) is 2.22. The summed E-state index contributed by atoms with van der Waals surface area (Å²) in [5, 5.41) is 0. The molecule has 0 fully saturated rings. The molecule has 2 aromatic rings. The van der Waals surface area contributed by atoms with E-state index in [0.29, 0.717) is 12.4 Å². The van der Waals surface area contributed by atoms with Crippen LogP contribution in [0, 0.1) is 0 Å². The van der Waals surface area contributed by atoms with Crippen LogP contribution in [0.3, 0.4) is 0 Å². The Kier molecular flexibility index (Phi) is 2.78. The second kappa shape index (κ2) is 4.23. The van der Waals surface area contributed by atoms with E-state index in [4.69, 9.17) is 11.5 Å². The lowest BCUT2D eigenvalue weighted by Crippen LogP contribution is -2.00. The molecule has 0 atom stereocenters. The van der Waals surface area contributed by atoms with Crippen LogP contribution in [0.1, 0.15) is 12.0 Å². The van der Waals surface area contributed by atoms with Crippen LogP contribution < -0.4 is 11.5 Å². The van der Waals surface area contributed by atoms with Crippen molar-refractivity contribution < 1.29 is 0 Å². The molecule has 0 aliphatic carbocycles. The van der Waals surface area contributed by atoms with Gasteiger partial charge in [-0.25, -0.2) is 4.98 Å². The second-order valence-electron chi connectivity index (χ2n) is 3.51. The minimum Gasteiger partial charge on any atom is -0.382 e. The Hall–Kier alpha value is -1.68. The minimum absolute atomic E-state index is 0.456. The third-order valence-corrected chi connectivity index (χ3v) is 2.29. The van der Waals surface area contributed by atoms with Crippen molar-refractivity contribution in [3.05, 3.63) is 30.0 Å². The van der Waals surface area contributed by atoms with Gasteiger partial charge in [-0.1, -0.05) is 6.07 Å². The van der Waals surface area contributed by atoms with Crippen LogP contribution in [0.15, 0.2) is 24.4 Å². The first kappa shape index (κ1) is 9.86. The summed E-state index contributed by atoms with van der Waals surface area (Å²) in [5.41, 5.74) is 14.0. The van der Waals surface area contributed by atoms with Gasteiger partial charge in [0.05, 0.1) is 17.2 Å². The number of benzene rings is 1. The molecule has 1 heterocycles. The maximum atomic E-state index is 5.55. The van der Waals surface area contributed by atoms with Gasteiger partial charge in [-0.2, -0.15) is 0 Å². The number of rotatable bonds is 3. The molecule has 0 aliphatic rings. The van der Waals surface area contributed by atoms with Crippen molar-refractivity contribution in [2.75, 3.05) is 12.3 Å². The van der Waals surface area contributed by atoms with Gasteiger partial charge in [0.15, 0.2) is 0 Å². The van der Waals surface area contributed by atoms with Gasteiger partial charge in [0.25, 0.3) is 0 Å². The zero-order valence-electron chi connectivity index (χ0n) is 8.48. The van der Waals surface area contributed by atoms with Gasteiger partial charge >= 0.3 is 0 Å². The van der Waals surface area contributed by atoms with Gasteiger partial charge in [0.2, 0.25) is 0 Å². The number of aryl methyl sites for hydroxylation is 1. The van der Waals surface area contributed by atoms with Crippen molar-refractivity contribution in [2.24, 2.45) is 5.73 Å². The Labute approximate surface area is 88.3 Å². The average molecular weight is 202 g/mol. The summed E-state index contributed by atoms with van der Waals surface area (Å²) in [6, 6.07) is 6.04. The molecule has 0 amide bonds. The first-order valence-electron chi connectivity index (χ1n) is 5.01. The van der Waals surface area contributed by atoms with Crippen molar-refractivity contribution in [3.63, 3.8) is 0 Å². The van der Waals surface area contributed by atoms with E-state index < -0.39 is 0 Å². The van der Waals surface area contributed by atoms with E-state index in [-0.39, 0.29) is 0 Å². The Bertz CT molecular complexity index is 467. The van der Waals surface area contributed by atoms with Crippen LogP contribution in [0.25, 0.3) is 11.0 Å². The molecule has 0 bridgehead atoms. The van der Waals surface area contributed by atoms with E-state index in [1.807, 2.05) is 18.2 Å². The fraction of sp³-hybridized carbons (Fsp3) is 0.273. The molecule has 0 unspecified atom stereocenters. The smallest absolute Gasteiger partial charge is 0.142 e. The summed E-state index contributed by atoms with van der Waals surface area (Å²) < 4.78 is 0. The number of nitrogens with zero attached hydrogens (tertiary/aromatic N) is 2. The van der Waals surface area contributed by atoms with Gasteiger partial charge in [-0.3, -0.25) is 4.98 Å². The monoisotopic (exact) mass is 202 g/mol. The fourth-order valence-corrected chi connectivity index (χ4v) is 1.53. The summed E-state index contributed by atoms with van der Waals surface area (Å²) in [6.45, 7) is 0.714. The quantitative estimate of drug-likeness (QED) is 0.781. The number of fused-ring (bicyclic) bond motifs is 1. The normalized spacial score (nSPS) is 10.7. The van der Waals surface area contributed by atoms with Crippen molar-refractivity contribution in [1.29, 1.82) is 0 Å². The molecule has 4 nitrogen and oxygen atoms in total. The highest BCUT2D eigenvalue weighted by molar-refractivity contribution is 5.75. The van der Waals surface area contributed by atoms with Crippen LogP contribution in [0.2, 0.25) is 0 Å². The Morgan fingerprint density at radius 3 is 2.87 bits per heavy atom. The zero-order chi connectivity index (χ0) is 10.7. The van der Waals surface area contributed by atoms with E-state index in [9.17, 15) is 0 Å². The summed E-state index contributed by atoms with van der Waals surface area (Å²) in [5.74, 6) is 0.456. The van der Waals surface area contributed by atoms with Crippen molar-refractivity contribution in [3.8, 4) is 0 Å². The number of nitrogen functional groups attached to an aromatic ring is 1. The van der Waals surface area contributed by atoms with Crippen LogP contribution >= 0.6 is 0 Å². The van der Waals surface area contributed by atoms with E-state index in [2.05, 4.69) is 9.97 Å². The Balaban J connectivity index is 2.34. The van der Waals surface area contributed by atoms with Gasteiger partial charge in [0, 0.05) is 0 Å². The molecule has 1 aromatic carbocycles. The van der Waals surface area contributed by atoms with Crippen molar-refractivity contribution in [1.82, 2.24) is 9.97 Å². The van der Waals surface area contributed by atoms with E-state index >= 15 is 0 Å². The number of nitrogens with two attached hydrogens (primary N) is 2. The van der Waals surface area contributed by atoms with E-state index in [1.54, 1.807) is 6.20 Å². The predicted molar refractivity (Wildman–Crippen MR) is 61.3 cm³/mol. The van der Waals surface area contributed by atoms with Crippen LogP contribution in [-0.4, -0.2) is 16.5 Å². The van der Waals surface area contributed by atoms with Crippen LogP contribution in [0.4, 0.5) is 5.82 Å². The summed E-state index contributed by atoms with van der Waals surface area (Å²) in [6.07, 6.45) is 3.56. The first-order chi connectivity index (χ1) is 7.29. The molecule has 4 N–H and O–H groups in total. The number of hydrogen-bond acceptors (Lipinski definition) is 4. The van der Waals surface area contributed by atoms with Crippen molar-refractivity contribution >= 4 is 16.9 Å². The van der Waals surface area contributed by atoms with Crippen LogP contribution in [-0.2, 0) is 6.42 Å². The maximum Gasteiger partial charge on any atom is 0.142 e. The molecule has 4 heteroatoms. The first-order valence-corrected chi connectivity index (χ1v) is 5.01. The SMILES string of the molecule is NCCCc1ccc2nc(N)cnc2c1. The number of aromatic nitrogens is 2. The third-order valence-electron chi connectivity index (χ3n) is 2.29. The lowest BCUT2D eigenvalue weighted by atomic mass is 10.1. The second-order valence-corrected chi connectivity index (χ2v) is 3.51. The Morgan fingerprint density at radius 2 is 2.07 bits per heavy atom. The van der Waals surface area contributed by atoms with Crippen molar-refractivity contribution in [2.45, 2.75) is 12.8 Å². The minimum atomic E-state index is 0.456. The molecule has 0 aliphatic heterocycles. The Morgan fingerprint density at radius 1 is 1.20 bits per heavy atom. The average Bonchev–Trinajstić information content (AvgIpc) is 2.26. The number of hydrogen-bond donors (Lipinski definition) is 2. The highest BCUT2D eigenvalue weighted by atomic mass is 14.9. The highest BCUT2D eigenvalue weighted by Gasteiger charge is 1.99. The molecule has 0 saturated heterocycles. The highest BCUT2D eigenvalue weighted by Crippen LogP contribution is 2.13. The van der Waals surface area contributed by atoms with Gasteiger partial charge in [-0.05, 0) is 37.1 Å².